The van der Waals surface area contributed by atoms with Crippen molar-refractivity contribution in [1.29, 1.82) is 10.5 Å². The molecule has 0 aromatic carbocycles. The molecule has 2 rings (SSSR count). The Morgan fingerprint density at radius 2 is 1.81 bits per heavy atom. The van der Waals surface area contributed by atoms with Crippen molar-refractivity contribution in [3.8, 4) is 12.1 Å². The molecular weight excluding hydrogens is 336 g/mol. The van der Waals surface area contributed by atoms with Crippen LogP contribution >= 0.6 is 0 Å². The van der Waals surface area contributed by atoms with Crippen LogP contribution in [-0.4, -0.2) is 11.6 Å². The minimum Gasteiger partial charge on any atom is -0.293 e. The number of ketones is 2. The number of rotatable bonds is 5. The fraction of sp³-hybridized carbons (Fsp3) is 0.565. The van der Waals surface area contributed by atoms with Gasteiger partial charge in [-0.25, -0.2) is 0 Å². The number of hydrogen-bond acceptors (Lipinski definition) is 4. The predicted molar refractivity (Wildman–Crippen MR) is 104 cm³/mol. The highest BCUT2D eigenvalue weighted by Gasteiger charge is 2.44. The topological polar surface area (TPSA) is 81.7 Å². The lowest BCUT2D eigenvalue weighted by Crippen LogP contribution is -2.39. The van der Waals surface area contributed by atoms with Crippen molar-refractivity contribution in [2.45, 2.75) is 60.3 Å². The van der Waals surface area contributed by atoms with Crippen LogP contribution < -0.4 is 0 Å². The van der Waals surface area contributed by atoms with Crippen molar-refractivity contribution in [2.24, 2.45) is 22.7 Å². The molecular formula is C23H28N2O2. The van der Waals surface area contributed by atoms with Crippen molar-refractivity contribution in [3.63, 3.8) is 0 Å². The third-order valence-electron chi connectivity index (χ3n) is 6.59. The Hall–Kier alpha value is -2.46. The summed E-state index contributed by atoms with van der Waals surface area (Å²) in [5.74, 6) is 0.0683. The van der Waals surface area contributed by atoms with E-state index in [1.54, 1.807) is 12.2 Å². The molecule has 142 valence electrons. The summed E-state index contributed by atoms with van der Waals surface area (Å²) in [7, 11) is 0. The molecule has 2 atom stereocenters. The maximum Gasteiger partial charge on any atom is 0.196 e. The first kappa shape index (κ1) is 20.8. The first-order valence-electron chi connectivity index (χ1n) is 9.67. The van der Waals surface area contributed by atoms with Crippen LogP contribution in [0.15, 0.2) is 34.9 Å². The Morgan fingerprint density at radius 1 is 1.19 bits per heavy atom. The minimum atomic E-state index is -0.583. The van der Waals surface area contributed by atoms with Crippen LogP contribution in [0.1, 0.15) is 60.3 Å². The van der Waals surface area contributed by atoms with Crippen molar-refractivity contribution in [1.82, 2.24) is 0 Å². The summed E-state index contributed by atoms with van der Waals surface area (Å²) in [6, 6.07) is 4.06. The lowest BCUT2D eigenvalue weighted by atomic mass is 9.60. The van der Waals surface area contributed by atoms with Crippen LogP contribution in [-0.2, 0) is 9.59 Å². The van der Waals surface area contributed by atoms with Gasteiger partial charge in [-0.2, -0.15) is 10.5 Å². The highest BCUT2D eigenvalue weighted by atomic mass is 16.1. The molecule has 4 heteroatoms. The molecule has 0 aromatic heterocycles. The molecule has 0 aromatic rings. The quantitative estimate of drug-likeness (QED) is 0.698. The number of Topliss-reactive ketones (excluding diaryl/α,β-unsaturated/α-hetero) is 1. The number of carbonyl (C=O) groups is 2. The fourth-order valence-corrected chi connectivity index (χ4v) is 4.54. The van der Waals surface area contributed by atoms with E-state index in [9.17, 15) is 14.9 Å². The maximum absolute atomic E-state index is 12.6. The average molecular weight is 364 g/mol. The van der Waals surface area contributed by atoms with Gasteiger partial charge < -0.3 is 0 Å². The van der Waals surface area contributed by atoms with Crippen molar-refractivity contribution in [2.75, 3.05) is 0 Å². The van der Waals surface area contributed by atoms with Crippen molar-refractivity contribution >= 4 is 11.6 Å². The number of hydrogen-bond donors (Lipinski definition) is 0. The first-order chi connectivity index (χ1) is 12.6. The lowest BCUT2D eigenvalue weighted by Gasteiger charge is -2.42. The Kier molecular flexibility index (Phi) is 5.91. The highest BCUT2D eigenvalue weighted by molar-refractivity contribution is 6.08. The maximum atomic E-state index is 12.6. The van der Waals surface area contributed by atoms with Gasteiger partial charge in [-0.3, -0.25) is 9.59 Å². The molecule has 2 aliphatic rings. The number of nitriles is 2. The summed E-state index contributed by atoms with van der Waals surface area (Å²) in [6.07, 6.45) is 8.31. The zero-order chi connectivity index (χ0) is 20.4. The highest BCUT2D eigenvalue weighted by Crippen LogP contribution is 2.49. The van der Waals surface area contributed by atoms with Gasteiger partial charge in [-0.15, -0.1) is 0 Å². The van der Waals surface area contributed by atoms with E-state index in [2.05, 4.69) is 13.8 Å². The normalized spacial score (nSPS) is 27.4. The smallest absolute Gasteiger partial charge is 0.196 e. The SMILES string of the molecule is CCC1=CC(=O)C(C#N)=CC1(CCC1CC=C(C#N)C(=O)C1(C)C)C(C)C. The summed E-state index contributed by atoms with van der Waals surface area (Å²) in [6.45, 7) is 10.1. The second-order valence-electron chi connectivity index (χ2n) is 8.50. The second-order valence-corrected chi connectivity index (χ2v) is 8.50. The summed E-state index contributed by atoms with van der Waals surface area (Å²) in [5.41, 5.74) is 0.618. The zero-order valence-electron chi connectivity index (χ0n) is 16.9. The lowest BCUT2D eigenvalue weighted by molar-refractivity contribution is -0.126. The molecule has 0 radical (unpaired) electrons. The standard InChI is InChI=1S/C23H28N2O2/c1-6-18-11-20(26)17(14-25)12-23(18,15(2)3)10-9-19-8-7-16(13-24)21(27)22(19,4)5/h7,11-12,15,19H,6,8-10H2,1-5H3. The summed E-state index contributed by atoms with van der Waals surface area (Å²) >= 11 is 0. The molecule has 4 nitrogen and oxygen atoms in total. The monoisotopic (exact) mass is 364 g/mol. The summed E-state index contributed by atoms with van der Waals surface area (Å²) < 4.78 is 0. The van der Waals surface area contributed by atoms with Crippen LogP contribution in [0.25, 0.3) is 0 Å². The minimum absolute atomic E-state index is 0.0850. The molecule has 0 amide bonds. The van der Waals surface area contributed by atoms with E-state index in [4.69, 9.17) is 5.26 Å². The number of carbonyl (C=O) groups excluding carboxylic acids is 2. The van der Waals surface area contributed by atoms with Crippen LogP contribution in [0.3, 0.4) is 0 Å². The Bertz CT molecular complexity index is 827. The zero-order valence-corrected chi connectivity index (χ0v) is 16.9. The molecule has 27 heavy (non-hydrogen) atoms. The number of allylic oxidation sites excluding steroid dienone is 6. The molecule has 0 fully saturated rings. The van der Waals surface area contributed by atoms with Gasteiger partial charge in [0.1, 0.15) is 12.1 Å². The molecule has 2 aliphatic carbocycles. The molecule has 0 saturated heterocycles. The van der Waals surface area contributed by atoms with E-state index in [0.717, 1.165) is 24.8 Å². The van der Waals surface area contributed by atoms with Gasteiger partial charge in [0, 0.05) is 10.8 Å². The summed E-state index contributed by atoms with van der Waals surface area (Å²) in [4.78, 5) is 24.8. The van der Waals surface area contributed by atoms with Gasteiger partial charge in [0.2, 0.25) is 0 Å². The van der Waals surface area contributed by atoms with Crippen LogP contribution in [0.4, 0.5) is 0 Å². The van der Waals surface area contributed by atoms with Gasteiger partial charge in [-0.1, -0.05) is 52.3 Å². The van der Waals surface area contributed by atoms with Crippen molar-refractivity contribution in [3.05, 3.63) is 34.9 Å². The van der Waals surface area contributed by atoms with E-state index in [0.29, 0.717) is 6.42 Å². The molecule has 0 heterocycles. The average Bonchev–Trinajstić information content (AvgIpc) is 2.63. The van der Waals surface area contributed by atoms with E-state index in [1.807, 2.05) is 39.0 Å². The molecule has 0 bridgehead atoms. The molecule has 0 N–H and O–H groups in total. The van der Waals surface area contributed by atoms with Gasteiger partial charge in [0.15, 0.2) is 11.6 Å². The van der Waals surface area contributed by atoms with Crippen molar-refractivity contribution < 1.29 is 9.59 Å². The van der Waals surface area contributed by atoms with Crippen LogP contribution in [0, 0.1) is 45.3 Å². The molecule has 2 unspecified atom stereocenters. The first-order valence-corrected chi connectivity index (χ1v) is 9.67. The van der Waals surface area contributed by atoms with Gasteiger partial charge in [0.25, 0.3) is 0 Å². The molecule has 0 spiro atoms. The third-order valence-corrected chi connectivity index (χ3v) is 6.59. The summed E-state index contributed by atoms with van der Waals surface area (Å²) in [5, 5.41) is 18.5. The largest absolute Gasteiger partial charge is 0.293 e. The number of nitrogens with zero attached hydrogens (tertiary/aromatic N) is 2. The van der Waals surface area contributed by atoms with Crippen LogP contribution in [0.5, 0.6) is 0 Å². The predicted octanol–water partition coefficient (Wildman–Crippen LogP) is 4.84. The molecule has 0 aliphatic heterocycles. The Labute approximate surface area is 162 Å². The Balaban J connectivity index is 2.37. The van der Waals surface area contributed by atoms with Gasteiger partial charge >= 0.3 is 0 Å². The van der Waals surface area contributed by atoms with Gasteiger partial charge in [-0.05, 0) is 43.6 Å². The van der Waals surface area contributed by atoms with E-state index >= 15 is 0 Å². The van der Waals surface area contributed by atoms with Gasteiger partial charge in [0.05, 0.1) is 11.1 Å². The molecule has 0 saturated carbocycles. The van der Waals surface area contributed by atoms with E-state index in [-0.39, 0.29) is 40.0 Å². The fourth-order valence-electron chi connectivity index (χ4n) is 4.54. The Morgan fingerprint density at radius 3 is 2.33 bits per heavy atom. The van der Waals surface area contributed by atoms with Crippen LogP contribution in [0.2, 0.25) is 0 Å². The second kappa shape index (κ2) is 7.65. The van der Waals surface area contributed by atoms with E-state index < -0.39 is 5.41 Å². The third kappa shape index (κ3) is 3.54. The van der Waals surface area contributed by atoms with E-state index in [1.165, 1.54) is 0 Å².